The van der Waals surface area contributed by atoms with Gasteiger partial charge in [0.1, 0.15) is 5.75 Å². The second-order valence-electron chi connectivity index (χ2n) is 11.8. The molecule has 2 atom stereocenters. The largest absolute Gasteiger partial charge is 0.432 e. The molecule has 0 spiro atoms. The number of benzene rings is 2. The van der Waals surface area contributed by atoms with Gasteiger partial charge in [-0.3, -0.25) is 0 Å². The maximum atomic E-state index is 15.0. The Balaban J connectivity index is 1.22. The van der Waals surface area contributed by atoms with Crippen molar-refractivity contribution in [1.82, 2.24) is 0 Å². The monoisotopic (exact) mass is 498 g/mol. The number of rotatable bonds is 7. The number of hydrogen-bond acceptors (Lipinski definition) is 2. The first-order valence-corrected chi connectivity index (χ1v) is 13.8. The molecular formula is C32H44F2O2. The Labute approximate surface area is 216 Å². The van der Waals surface area contributed by atoms with E-state index in [-0.39, 0.29) is 12.7 Å². The van der Waals surface area contributed by atoms with Gasteiger partial charge in [0, 0.05) is 0 Å². The third kappa shape index (κ3) is 6.49. The van der Waals surface area contributed by atoms with Gasteiger partial charge >= 0.3 is 6.11 Å². The Bertz CT molecular complexity index is 998. The van der Waals surface area contributed by atoms with E-state index in [0.29, 0.717) is 24.5 Å². The zero-order valence-electron chi connectivity index (χ0n) is 23.1. The van der Waals surface area contributed by atoms with Crippen LogP contribution >= 0.6 is 0 Å². The number of halogens is 2. The predicted octanol–water partition coefficient (Wildman–Crippen LogP) is 8.74. The number of aryl methyl sites for hydroxylation is 5. The molecule has 4 rings (SSSR count). The van der Waals surface area contributed by atoms with E-state index in [4.69, 9.17) is 9.47 Å². The molecule has 1 aliphatic heterocycles. The van der Waals surface area contributed by atoms with Crippen LogP contribution in [0.25, 0.3) is 0 Å². The molecule has 0 amide bonds. The van der Waals surface area contributed by atoms with Crippen LogP contribution in [0.15, 0.2) is 24.3 Å². The molecule has 0 aromatic heterocycles. The van der Waals surface area contributed by atoms with Gasteiger partial charge in [0.2, 0.25) is 0 Å². The third-order valence-electron chi connectivity index (χ3n) is 8.76. The molecule has 2 unspecified atom stereocenters. The summed E-state index contributed by atoms with van der Waals surface area (Å²) in [6, 6.07) is 8.51. The quantitative estimate of drug-likeness (QED) is 0.380. The van der Waals surface area contributed by atoms with Gasteiger partial charge in [-0.15, -0.1) is 0 Å². The second kappa shape index (κ2) is 11.2. The van der Waals surface area contributed by atoms with E-state index in [1.807, 2.05) is 32.9 Å². The molecule has 198 valence electrons. The molecule has 2 aliphatic rings. The summed E-state index contributed by atoms with van der Waals surface area (Å²) in [5, 5.41) is 0. The molecule has 1 heterocycles. The highest BCUT2D eigenvalue weighted by molar-refractivity contribution is 5.43. The maximum absolute atomic E-state index is 15.0. The van der Waals surface area contributed by atoms with Crippen LogP contribution in [0.1, 0.15) is 83.9 Å². The van der Waals surface area contributed by atoms with Gasteiger partial charge in [0.25, 0.3) is 0 Å². The number of ether oxygens (including phenoxy) is 2. The van der Waals surface area contributed by atoms with E-state index in [0.717, 1.165) is 29.0 Å². The van der Waals surface area contributed by atoms with Crippen molar-refractivity contribution in [1.29, 1.82) is 0 Å². The van der Waals surface area contributed by atoms with Crippen molar-refractivity contribution in [3.05, 3.63) is 63.2 Å². The fourth-order valence-corrected chi connectivity index (χ4v) is 6.42. The smallest absolute Gasteiger partial charge is 0.402 e. The lowest BCUT2D eigenvalue weighted by molar-refractivity contribution is -0.242. The van der Waals surface area contributed by atoms with Crippen molar-refractivity contribution in [2.45, 2.75) is 105 Å². The lowest BCUT2D eigenvalue weighted by Crippen LogP contribution is -2.42. The Hall–Kier alpha value is -1.94. The Morgan fingerprint density at radius 2 is 1.36 bits per heavy atom. The minimum atomic E-state index is -3.22. The molecule has 2 fully saturated rings. The topological polar surface area (TPSA) is 18.5 Å². The number of hydrogen-bond donors (Lipinski definition) is 0. The van der Waals surface area contributed by atoms with E-state index >= 15 is 8.78 Å². The van der Waals surface area contributed by atoms with E-state index in [2.05, 4.69) is 32.9 Å². The summed E-state index contributed by atoms with van der Waals surface area (Å²) >= 11 is 0. The van der Waals surface area contributed by atoms with Crippen molar-refractivity contribution < 1.29 is 18.3 Å². The third-order valence-corrected chi connectivity index (χ3v) is 8.76. The molecule has 2 aromatic carbocycles. The van der Waals surface area contributed by atoms with E-state index in [1.165, 1.54) is 54.4 Å². The van der Waals surface area contributed by atoms with Crippen LogP contribution < -0.4 is 4.74 Å². The van der Waals surface area contributed by atoms with E-state index in [9.17, 15) is 0 Å². The van der Waals surface area contributed by atoms with Crippen molar-refractivity contribution in [2.75, 3.05) is 6.61 Å². The standard InChI is InChI=1S/C32H44F2O2/c1-20-13-23(4)31(24(5)14-20)36-32(33,34)29-11-12-30(35-19-29)18-27-9-7-26(8-10-27)17-28-15-21(2)25(6)22(3)16-28/h13-16,26-27,29-30H,7-12,17-19H2,1-6H3. The van der Waals surface area contributed by atoms with Gasteiger partial charge in [0.15, 0.2) is 0 Å². The normalized spacial score (nSPS) is 25.1. The lowest BCUT2D eigenvalue weighted by atomic mass is 9.76. The van der Waals surface area contributed by atoms with Crippen molar-refractivity contribution in [3.8, 4) is 5.75 Å². The summed E-state index contributed by atoms with van der Waals surface area (Å²) in [7, 11) is 0. The van der Waals surface area contributed by atoms with Crippen molar-refractivity contribution >= 4 is 0 Å². The fraction of sp³-hybridized carbons (Fsp3) is 0.625. The van der Waals surface area contributed by atoms with Crippen LogP contribution in [-0.4, -0.2) is 18.8 Å². The zero-order valence-corrected chi connectivity index (χ0v) is 23.1. The fourth-order valence-electron chi connectivity index (χ4n) is 6.42. The van der Waals surface area contributed by atoms with Crippen LogP contribution in [0.3, 0.4) is 0 Å². The minimum absolute atomic E-state index is 0.0725. The maximum Gasteiger partial charge on any atom is 0.402 e. The molecule has 36 heavy (non-hydrogen) atoms. The molecular weight excluding hydrogens is 454 g/mol. The highest BCUT2D eigenvalue weighted by atomic mass is 19.3. The summed E-state index contributed by atoms with van der Waals surface area (Å²) in [6.07, 6.45) is 5.16. The summed E-state index contributed by atoms with van der Waals surface area (Å²) in [5.74, 6) is 0.814. The van der Waals surface area contributed by atoms with Crippen LogP contribution in [0.4, 0.5) is 8.78 Å². The molecule has 4 heteroatoms. The summed E-state index contributed by atoms with van der Waals surface area (Å²) < 4.78 is 41.4. The summed E-state index contributed by atoms with van der Waals surface area (Å²) in [5.41, 5.74) is 8.23. The van der Waals surface area contributed by atoms with E-state index < -0.39 is 12.0 Å². The minimum Gasteiger partial charge on any atom is -0.432 e. The molecule has 2 nitrogen and oxygen atoms in total. The predicted molar refractivity (Wildman–Crippen MR) is 143 cm³/mol. The van der Waals surface area contributed by atoms with Gasteiger partial charge in [-0.05, 0) is 125 Å². The molecule has 0 N–H and O–H groups in total. The lowest BCUT2D eigenvalue weighted by Gasteiger charge is -2.36. The second-order valence-corrected chi connectivity index (χ2v) is 11.8. The van der Waals surface area contributed by atoms with Gasteiger partial charge in [0.05, 0.1) is 18.6 Å². The summed E-state index contributed by atoms with van der Waals surface area (Å²) in [6.45, 7) is 12.3. The highest BCUT2D eigenvalue weighted by Crippen LogP contribution is 2.40. The molecule has 2 aromatic rings. The molecule has 1 saturated heterocycles. The highest BCUT2D eigenvalue weighted by Gasteiger charge is 2.45. The van der Waals surface area contributed by atoms with Gasteiger partial charge in [-0.1, -0.05) is 42.7 Å². The first-order valence-electron chi connectivity index (χ1n) is 13.8. The average molecular weight is 499 g/mol. The molecule has 0 radical (unpaired) electrons. The molecule has 1 aliphatic carbocycles. The van der Waals surface area contributed by atoms with Crippen molar-refractivity contribution in [2.24, 2.45) is 17.8 Å². The Morgan fingerprint density at radius 3 is 1.92 bits per heavy atom. The average Bonchev–Trinajstić information content (AvgIpc) is 2.81. The van der Waals surface area contributed by atoms with Crippen LogP contribution in [-0.2, 0) is 11.2 Å². The SMILES string of the molecule is Cc1cc(C)c(OC(F)(F)C2CCC(CC3CCC(Cc4cc(C)c(C)c(C)c4)CC3)OC2)c(C)c1. The molecule has 0 bridgehead atoms. The molecule has 1 saturated carbocycles. The van der Waals surface area contributed by atoms with Crippen LogP contribution in [0.2, 0.25) is 0 Å². The van der Waals surface area contributed by atoms with Crippen LogP contribution in [0, 0.1) is 59.3 Å². The first kappa shape index (κ1) is 27.1. The number of alkyl halides is 2. The Kier molecular flexibility index (Phi) is 8.44. The van der Waals surface area contributed by atoms with E-state index in [1.54, 1.807) is 0 Å². The van der Waals surface area contributed by atoms with Crippen molar-refractivity contribution in [3.63, 3.8) is 0 Å². The van der Waals surface area contributed by atoms with Gasteiger partial charge < -0.3 is 9.47 Å². The van der Waals surface area contributed by atoms with Crippen LogP contribution in [0.5, 0.6) is 5.75 Å². The summed E-state index contributed by atoms with van der Waals surface area (Å²) in [4.78, 5) is 0. The van der Waals surface area contributed by atoms with Gasteiger partial charge in [-0.25, -0.2) is 0 Å². The van der Waals surface area contributed by atoms with Gasteiger partial charge in [-0.2, -0.15) is 8.78 Å². The first-order chi connectivity index (χ1) is 17.0. The Morgan fingerprint density at radius 1 is 0.778 bits per heavy atom. The zero-order chi connectivity index (χ0) is 26.0.